The number of carbonyl (C=O) groups excluding carboxylic acids is 1. The quantitative estimate of drug-likeness (QED) is 0.196. The van der Waals surface area contributed by atoms with Gasteiger partial charge in [0, 0.05) is 0 Å². The van der Waals surface area contributed by atoms with Gasteiger partial charge in [-0.05, 0) is 38.5 Å². The van der Waals surface area contributed by atoms with E-state index in [0.717, 1.165) is 44.9 Å². The molecule has 0 bridgehead atoms. The summed E-state index contributed by atoms with van der Waals surface area (Å²) < 4.78 is 4.99. The fourth-order valence-electron chi connectivity index (χ4n) is 2.37. The standard InChI is InChI=1S/C22H36O4/c1-2-3-4-5-6-7-8-9-10-11-12-13-14-15-16-17-20-26-22(25)19-18-21(23)24/h3-4,6-7,9-10H,2,5,8,11-20H2,1H3,(H,23,24). The zero-order valence-electron chi connectivity index (χ0n) is 16.3. The van der Waals surface area contributed by atoms with E-state index in [4.69, 9.17) is 9.84 Å². The van der Waals surface area contributed by atoms with E-state index < -0.39 is 11.9 Å². The Kier molecular flexibility index (Phi) is 18.1. The Morgan fingerprint density at radius 3 is 2.00 bits per heavy atom. The van der Waals surface area contributed by atoms with Gasteiger partial charge in [0.2, 0.25) is 0 Å². The molecule has 0 amide bonds. The number of unbranched alkanes of at least 4 members (excludes halogenated alkanes) is 6. The smallest absolute Gasteiger partial charge is 0.306 e. The van der Waals surface area contributed by atoms with E-state index in [2.05, 4.69) is 43.4 Å². The van der Waals surface area contributed by atoms with Gasteiger partial charge in [-0.25, -0.2) is 0 Å². The molecule has 0 aromatic carbocycles. The van der Waals surface area contributed by atoms with Crippen molar-refractivity contribution in [3.05, 3.63) is 36.5 Å². The molecule has 0 saturated heterocycles. The van der Waals surface area contributed by atoms with E-state index >= 15 is 0 Å². The van der Waals surface area contributed by atoms with Crippen LogP contribution in [0.1, 0.15) is 84.0 Å². The van der Waals surface area contributed by atoms with Crippen LogP contribution in [-0.2, 0) is 14.3 Å². The molecule has 0 atom stereocenters. The summed E-state index contributed by atoms with van der Waals surface area (Å²) in [5, 5.41) is 8.47. The van der Waals surface area contributed by atoms with Crippen LogP contribution in [0.3, 0.4) is 0 Å². The molecule has 0 radical (unpaired) electrons. The van der Waals surface area contributed by atoms with Crippen LogP contribution in [0.4, 0.5) is 0 Å². The van der Waals surface area contributed by atoms with Crippen LogP contribution in [0.5, 0.6) is 0 Å². The van der Waals surface area contributed by atoms with Crippen molar-refractivity contribution in [2.75, 3.05) is 6.61 Å². The second-order valence-electron chi connectivity index (χ2n) is 6.32. The predicted molar refractivity (Wildman–Crippen MR) is 107 cm³/mol. The summed E-state index contributed by atoms with van der Waals surface area (Å²) >= 11 is 0. The van der Waals surface area contributed by atoms with Gasteiger partial charge in [0.05, 0.1) is 19.4 Å². The van der Waals surface area contributed by atoms with E-state index in [-0.39, 0.29) is 12.8 Å². The van der Waals surface area contributed by atoms with Crippen LogP contribution >= 0.6 is 0 Å². The monoisotopic (exact) mass is 364 g/mol. The number of aliphatic carboxylic acids is 1. The second-order valence-corrected chi connectivity index (χ2v) is 6.32. The molecule has 0 spiro atoms. The van der Waals surface area contributed by atoms with Gasteiger partial charge in [-0.1, -0.05) is 69.1 Å². The number of carboxylic acid groups (broad SMARTS) is 1. The van der Waals surface area contributed by atoms with E-state index in [9.17, 15) is 9.59 Å². The zero-order valence-corrected chi connectivity index (χ0v) is 16.3. The molecule has 0 aromatic rings. The second kappa shape index (κ2) is 19.5. The fraction of sp³-hybridized carbons (Fsp3) is 0.636. The summed E-state index contributed by atoms with van der Waals surface area (Å²) in [5.41, 5.74) is 0. The number of esters is 1. The van der Waals surface area contributed by atoms with Crippen LogP contribution in [0.25, 0.3) is 0 Å². The van der Waals surface area contributed by atoms with Crippen molar-refractivity contribution in [1.82, 2.24) is 0 Å². The normalized spacial score (nSPS) is 11.7. The Morgan fingerprint density at radius 1 is 0.769 bits per heavy atom. The molecule has 0 aliphatic rings. The lowest BCUT2D eigenvalue weighted by molar-refractivity contribution is -0.147. The minimum absolute atomic E-state index is 0.0332. The topological polar surface area (TPSA) is 63.6 Å². The highest BCUT2D eigenvalue weighted by Crippen LogP contribution is 2.08. The molecule has 1 N–H and O–H groups in total. The lowest BCUT2D eigenvalue weighted by atomic mass is 10.1. The molecule has 0 unspecified atom stereocenters. The third kappa shape index (κ3) is 20.2. The van der Waals surface area contributed by atoms with Gasteiger partial charge in [-0.2, -0.15) is 0 Å². The summed E-state index contributed by atoms with van der Waals surface area (Å²) in [6, 6.07) is 0. The van der Waals surface area contributed by atoms with Crippen LogP contribution in [0.2, 0.25) is 0 Å². The molecule has 0 rings (SSSR count). The molecular formula is C22H36O4. The van der Waals surface area contributed by atoms with Gasteiger partial charge >= 0.3 is 11.9 Å². The Hall–Kier alpha value is -1.84. The minimum Gasteiger partial charge on any atom is -0.481 e. The van der Waals surface area contributed by atoms with Gasteiger partial charge in [0.1, 0.15) is 0 Å². The average Bonchev–Trinajstić information content (AvgIpc) is 2.62. The minimum atomic E-state index is -0.965. The molecule has 0 saturated carbocycles. The number of rotatable bonds is 17. The Labute approximate surface area is 159 Å². The Morgan fingerprint density at radius 2 is 1.35 bits per heavy atom. The van der Waals surface area contributed by atoms with Crippen LogP contribution < -0.4 is 0 Å². The van der Waals surface area contributed by atoms with E-state index in [1.54, 1.807) is 0 Å². The fourth-order valence-corrected chi connectivity index (χ4v) is 2.37. The molecular weight excluding hydrogens is 328 g/mol. The van der Waals surface area contributed by atoms with Gasteiger partial charge < -0.3 is 9.84 Å². The first-order valence-electron chi connectivity index (χ1n) is 9.99. The molecule has 0 aliphatic heterocycles. The largest absolute Gasteiger partial charge is 0.481 e. The maximum absolute atomic E-state index is 11.2. The number of hydrogen-bond donors (Lipinski definition) is 1. The SMILES string of the molecule is CCC=CCC=CCC=CCCCCCCCCOC(=O)CCC(=O)O. The lowest BCUT2D eigenvalue weighted by Crippen LogP contribution is -2.08. The van der Waals surface area contributed by atoms with Crippen LogP contribution in [0.15, 0.2) is 36.5 Å². The first kappa shape index (κ1) is 24.2. The third-order valence-electron chi connectivity index (χ3n) is 3.85. The Balaban J connectivity index is 3.28. The number of allylic oxidation sites excluding steroid dienone is 6. The van der Waals surface area contributed by atoms with Crippen molar-refractivity contribution in [3.63, 3.8) is 0 Å². The van der Waals surface area contributed by atoms with Crippen molar-refractivity contribution in [1.29, 1.82) is 0 Å². The van der Waals surface area contributed by atoms with Gasteiger partial charge in [-0.15, -0.1) is 0 Å². The summed E-state index contributed by atoms with van der Waals surface area (Å²) in [5.74, 6) is -1.38. The number of carboxylic acids is 1. The van der Waals surface area contributed by atoms with Crippen molar-refractivity contribution in [3.8, 4) is 0 Å². The molecule has 0 fully saturated rings. The first-order valence-corrected chi connectivity index (χ1v) is 9.99. The molecule has 4 heteroatoms. The van der Waals surface area contributed by atoms with Crippen LogP contribution in [-0.4, -0.2) is 23.7 Å². The first-order chi connectivity index (χ1) is 12.7. The van der Waals surface area contributed by atoms with Gasteiger partial charge in [0.15, 0.2) is 0 Å². The number of hydrogen-bond acceptors (Lipinski definition) is 3. The highest BCUT2D eigenvalue weighted by atomic mass is 16.5. The maximum atomic E-state index is 11.2. The van der Waals surface area contributed by atoms with E-state index in [1.165, 1.54) is 19.3 Å². The summed E-state index contributed by atoms with van der Waals surface area (Å²) in [7, 11) is 0. The molecule has 148 valence electrons. The highest BCUT2D eigenvalue weighted by Gasteiger charge is 2.05. The van der Waals surface area contributed by atoms with Crippen molar-refractivity contribution in [2.45, 2.75) is 84.0 Å². The molecule has 4 nitrogen and oxygen atoms in total. The average molecular weight is 365 g/mol. The number of carbonyl (C=O) groups is 2. The maximum Gasteiger partial charge on any atom is 0.306 e. The summed E-state index contributed by atoms with van der Waals surface area (Å²) in [4.78, 5) is 21.5. The summed E-state index contributed by atoms with van der Waals surface area (Å²) in [6.45, 7) is 2.55. The summed E-state index contributed by atoms with van der Waals surface area (Å²) in [6.07, 6.45) is 24.2. The van der Waals surface area contributed by atoms with Crippen molar-refractivity contribution < 1.29 is 19.4 Å². The predicted octanol–water partition coefficient (Wildman–Crippen LogP) is 5.98. The zero-order chi connectivity index (χ0) is 19.3. The third-order valence-corrected chi connectivity index (χ3v) is 3.85. The van der Waals surface area contributed by atoms with E-state index in [0.29, 0.717) is 6.61 Å². The highest BCUT2D eigenvalue weighted by molar-refractivity contribution is 5.76. The molecule has 0 heterocycles. The molecule has 0 aliphatic carbocycles. The Bertz CT molecular complexity index is 435. The lowest BCUT2D eigenvalue weighted by Gasteiger charge is -2.04. The number of ether oxygens (including phenoxy) is 1. The van der Waals surface area contributed by atoms with Crippen molar-refractivity contribution in [2.24, 2.45) is 0 Å². The van der Waals surface area contributed by atoms with Gasteiger partial charge in [-0.3, -0.25) is 9.59 Å². The molecule has 0 aromatic heterocycles. The molecule has 26 heavy (non-hydrogen) atoms. The van der Waals surface area contributed by atoms with E-state index in [1.807, 2.05) is 0 Å². The van der Waals surface area contributed by atoms with Crippen LogP contribution in [0, 0.1) is 0 Å². The van der Waals surface area contributed by atoms with Crippen molar-refractivity contribution >= 4 is 11.9 Å². The van der Waals surface area contributed by atoms with Gasteiger partial charge in [0.25, 0.3) is 0 Å².